The number of aromatic nitrogens is 2. The van der Waals surface area contributed by atoms with E-state index >= 15 is 0 Å². The number of nitrogens with zero attached hydrogens (tertiary/aromatic N) is 2. The Bertz CT molecular complexity index is 895. The van der Waals surface area contributed by atoms with Gasteiger partial charge in [-0.1, -0.05) is 13.8 Å². The average Bonchev–Trinajstić information content (AvgIpc) is 2.82. The molecule has 0 fully saturated rings. The molecule has 2 heterocycles. The standard InChI is InChI=1S/C17H23N3O4S/c1-7(2)14-19-15-11(16(22)20(14)10(6)13(18)21)9(5)12(25-15)17(23)24-8(3)4/h7-8,10H,1-6H3,(H2,18,21). The molecule has 0 aliphatic rings. The van der Waals surface area contributed by atoms with E-state index in [0.29, 0.717) is 26.5 Å². The lowest BCUT2D eigenvalue weighted by atomic mass is 10.1. The Balaban J connectivity index is 2.80. The smallest absolute Gasteiger partial charge is 0.348 e. The molecule has 136 valence electrons. The molecule has 0 saturated carbocycles. The normalized spacial score (nSPS) is 12.8. The van der Waals surface area contributed by atoms with Crippen LogP contribution in [0.3, 0.4) is 0 Å². The van der Waals surface area contributed by atoms with E-state index in [1.807, 2.05) is 13.8 Å². The first-order valence-electron chi connectivity index (χ1n) is 8.12. The van der Waals surface area contributed by atoms with E-state index in [1.165, 1.54) is 4.57 Å². The van der Waals surface area contributed by atoms with Gasteiger partial charge in [0.05, 0.1) is 11.5 Å². The van der Waals surface area contributed by atoms with Gasteiger partial charge >= 0.3 is 5.97 Å². The molecule has 2 rings (SSSR count). The van der Waals surface area contributed by atoms with E-state index in [9.17, 15) is 14.4 Å². The van der Waals surface area contributed by atoms with Crippen LogP contribution in [0.2, 0.25) is 0 Å². The van der Waals surface area contributed by atoms with Crippen LogP contribution in [0, 0.1) is 6.92 Å². The van der Waals surface area contributed by atoms with Gasteiger partial charge in [-0.2, -0.15) is 0 Å². The van der Waals surface area contributed by atoms with Gasteiger partial charge in [0.2, 0.25) is 5.91 Å². The van der Waals surface area contributed by atoms with Crippen molar-refractivity contribution in [3.63, 3.8) is 0 Å². The molecule has 0 saturated heterocycles. The van der Waals surface area contributed by atoms with Gasteiger partial charge < -0.3 is 10.5 Å². The lowest BCUT2D eigenvalue weighted by molar-refractivity contribution is -0.120. The van der Waals surface area contributed by atoms with E-state index in [2.05, 4.69) is 4.98 Å². The summed E-state index contributed by atoms with van der Waals surface area (Å²) in [7, 11) is 0. The zero-order valence-corrected chi connectivity index (χ0v) is 16.1. The number of rotatable bonds is 5. The molecule has 1 atom stereocenters. The molecule has 0 aliphatic heterocycles. The Hall–Kier alpha value is -2.22. The molecule has 25 heavy (non-hydrogen) atoms. The van der Waals surface area contributed by atoms with Crippen LogP contribution < -0.4 is 11.3 Å². The summed E-state index contributed by atoms with van der Waals surface area (Å²) in [6, 6.07) is -0.827. The number of hydrogen-bond acceptors (Lipinski definition) is 6. The van der Waals surface area contributed by atoms with E-state index in [0.717, 1.165) is 11.3 Å². The first-order valence-corrected chi connectivity index (χ1v) is 8.93. The summed E-state index contributed by atoms with van der Waals surface area (Å²) in [5.74, 6) is -0.714. The second-order valence-corrected chi connectivity index (χ2v) is 7.57. The Labute approximate surface area is 149 Å². The van der Waals surface area contributed by atoms with Crippen LogP contribution in [0.5, 0.6) is 0 Å². The van der Waals surface area contributed by atoms with Crippen molar-refractivity contribution in [1.29, 1.82) is 0 Å². The fourth-order valence-electron chi connectivity index (χ4n) is 2.58. The molecular formula is C17H23N3O4S. The summed E-state index contributed by atoms with van der Waals surface area (Å²) < 4.78 is 6.57. The second kappa shape index (κ2) is 6.95. The maximum Gasteiger partial charge on any atom is 0.348 e. The first-order chi connectivity index (χ1) is 11.6. The number of fused-ring (bicyclic) bond motifs is 1. The topological polar surface area (TPSA) is 104 Å². The number of carbonyl (C=O) groups is 2. The van der Waals surface area contributed by atoms with E-state index in [-0.39, 0.29) is 17.6 Å². The van der Waals surface area contributed by atoms with Crippen LogP contribution in [0.4, 0.5) is 0 Å². The summed E-state index contributed by atoms with van der Waals surface area (Å²) >= 11 is 1.13. The molecule has 7 nitrogen and oxygen atoms in total. The highest BCUT2D eigenvalue weighted by Gasteiger charge is 2.26. The maximum absolute atomic E-state index is 13.0. The lowest BCUT2D eigenvalue weighted by Crippen LogP contribution is -2.35. The van der Waals surface area contributed by atoms with Crippen LogP contribution >= 0.6 is 11.3 Å². The van der Waals surface area contributed by atoms with Gasteiger partial charge in [0, 0.05) is 5.92 Å². The lowest BCUT2D eigenvalue weighted by Gasteiger charge is -2.18. The third kappa shape index (κ3) is 3.44. The Morgan fingerprint density at radius 1 is 1.20 bits per heavy atom. The van der Waals surface area contributed by atoms with Gasteiger partial charge in [0.15, 0.2) is 0 Å². The van der Waals surface area contributed by atoms with Gasteiger partial charge in [-0.15, -0.1) is 11.3 Å². The number of aryl methyl sites for hydroxylation is 1. The molecule has 1 unspecified atom stereocenters. The number of esters is 1. The van der Waals surface area contributed by atoms with E-state index in [1.54, 1.807) is 27.7 Å². The zero-order chi connectivity index (χ0) is 19.0. The molecule has 8 heteroatoms. The summed E-state index contributed by atoms with van der Waals surface area (Å²) in [6.07, 6.45) is -0.261. The summed E-state index contributed by atoms with van der Waals surface area (Å²) in [5, 5.41) is 0.332. The molecule has 2 aromatic heterocycles. The molecule has 0 radical (unpaired) electrons. The van der Waals surface area contributed by atoms with Crippen LogP contribution in [0.15, 0.2) is 4.79 Å². The minimum Gasteiger partial charge on any atom is -0.459 e. The fourth-order valence-corrected chi connectivity index (χ4v) is 3.64. The van der Waals surface area contributed by atoms with Gasteiger partial charge in [-0.05, 0) is 33.3 Å². The van der Waals surface area contributed by atoms with Crippen LogP contribution in [0.25, 0.3) is 10.2 Å². The third-order valence-corrected chi connectivity index (χ3v) is 5.03. The molecular weight excluding hydrogens is 342 g/mol. The number of carbonyl (C=O) groups excluding carboxylic acids is 2. The SMILES string of the molecule is Cc1c(C(=O)OC(C)C)sc2nc(C(C)C)n(C(C)C(N)=O)c(=O)c12. The van der Waals surface area contributed by atoms with Crippen LogP contribution in [0.1, 0.15) is 67.6 Å². The quantitative estimate of drug-likeness (QED) is 0.820. The van der Waals surface area contributed by atoms with Crippen molar-refractivity contribution in [3.05, 3.63) is 26.6 Å². The van der Waals surface area contributed by atoms with Crippen LogP contribution in [-0.4, -0.2) is 27.5 Å². The van der Waals surface area contributed by atoms with Gasteiger partial charge in [0.25, 0.3) is 5.56 Å². The number of thiophene rings is 1. The van der Waals surface area contributed by atoms with Crippen molar-refractivity contribution in [3.8, 4) is 0 Å². The van der Waals surface area contributed by atoms with Crippen molar-refractivity contribution in [2.24, 2.45) is 5.73 Å². The molecule has 2 N–H and O–H groups in total. The molecule has 2 aromatic rings. The fraction of sp³-hybridized carbons (Fsp3) is 0.529. The second-order valence-electron chi connectivity index (χ2n) is 6.57. The number of amides is 1. The van der Waals surface area contributed by atoms with Crippen molar-refractivity contribution >= 4 is 33.4 Å². The molecule has 1 amide bonds. The average molecular weight is 365 g/mol. The van der Waals surface area contributed by atoms with Crippen molar-refractivity contribution in [2.75, 3.05) is 0 Å². The van der Waals surface area contributed by atoms with Crippen molar-refractivity contribution < 1.29 is 14.3 Å². The molecule has 0 aromatic carbocycles. The predicted molar refractivity (Wildman–Crippen MR) is 97.2 cm³/mol. The minimum atomic E-state index is -0.827. The number of primary amides is 1. The minimum absolute atomic E-state index is 0.0904. The van der Waals surface area contributed by atoms with Gasteiger partial charge in [-0.3, -0.25) is 14.2 Å². The first kappa shape index (κ1) is 19.1. The number of nitrogens with two attached hydrogens (primary N) is 1. The Morgan fingerprint density at radius 3 is 2.28 bits per heavy atom. The van der Waals surface area contributed by atoms with E-state index in [4.69, 9.17) is 10.5 Å². The number of ether oxygens (including phenoxy) is 1. The maximum atomic E-state index is 13.0. The summed E-state index contributed by atoms with van der Waals surface area (Å²) in [5.41, 5.74) is 5.55. The monoisotopic (exact) mass is 365 g/mol. The predicted octanol–water partition coefficient (Wildman–Crippen LogP) is 2.50. The third-order valence-electron chi connectivity index (χ3n) is 3.87. The molecule has 0 spiro atoms. The van der Waals surface area contributed by atoms with Crippen molar-refractivity contribution in [1.82, 2.24) is 9.55 Å². The Morgan fingerprint density at radius 2 is 1.80 bits per heavy atom. The van der Waals surface area contributed by atoms with Gasteiger partial charge in [0.1, 0.15) is 21.6 Å². The highest BCUT2D eigenvalue weighted by atomic mass is 32.1. The summed E-state index contributed by atoms with van der Waals surface area (Å²) in [4.78, 5) is 42.3. The highest BCUT2D eigenvalue weighted by Crippen LogP contribution is 2.30. The van der Waals surface area contributed by atoms with E-state index < -0.39 is 17.9 Å². The van der Waals surface area contributed by atoms with Gasteiger partial charge in [-0.25, -0.2) is 9.78 Å². The number of hydrogen-bond donors (Lipinski definition) is 1. The van der Waals surface area contributed by atoms with Crippen LogP contribution in [-0.2, 0) is 9.53 Å². The largest absolute Gasteiger partial charge is 0.459 e. The van der Waals surface area contributed by atoms with Crippen molar-refractivity contribution in [2.45, 2.75) is 59.6 Å². The molecule has 0 bridgehead atoms. The Kier molecular flexibility index (Phi) is 5.31. The zero-order valence-electron chi connectivity index (χ0n) is 15.2. The highest BCUT2D eigenvalue weighted by molar-refractivity contribution is 7.20. The molecule has 0 aliphatic carbocycles. The summed E-state index contributed by atoms with van der Waals surface area (Å²) in [6.45, 7) is 10.5.